The molecule has 0 spiro atoms. The van der Waals surface area contributed by atoms with Crippen molar-refractivity contribution in [2.24, 2.45) is 11.8 Å². The summed E-state index contributed by atoms with van der Waals surface area (Å²) in [5.74, 6) is 1.84. The zero-order valence-corrected chi connectivity index (χ0v) is 6.40. The Morgan fingerprint density at radius 3 is 2.64 bits per heavy atom. The second-order valence-electron chi connectivity index (χ2n) is 4.48. The van der Waals surface area contributed by atoms with Gasteiger partial charge in [0.05, 0.1) is 24.4 Å². The van der Waals surface area contributed by atoms with E-state index in [4.69, 9.17) is 9.47 Å². The first-order valence-corrected chi connectivity index (χ1v) is 4.73. The van der Waals surface area contributed by atoms with Crippen LogP contribution in [0.1, 0.15) is 19.3 Å². The van der Waals surface area contributed by atoms with E-state index in [1.54, 1.807) is 0 Å². The monoisotopic (exact) mass is 152 g/mol. The van der Waals surface area contributed by atoms with Gasteiger partial charge in [-0.2, -0.15) is 0 Å². The highest BCUT2D eigenvalue weighted by Gasteiger charge is 2.61. The van der Waals surface area contributed by atoms with Gasteiger partial charge in [0.2, 0.25) is 0 Å². The van der Waals surface area contributed by atoms with Gasteiger partial charge in [-0.1, -0.05) is 0 Å². The summed E-state index contributed by atoms with van der Waals surface area (Å²) < 4.78 is 11.1. The summed E-state index contributed by atoms with van der Waals surface area (Å²) in [4.78, 5) is 0. The van der Waals surface area contributed by atoms with Gasteiger partial charge in [0.25, 0.3) is 0 Å². The molecule has 0 radical (unpaired) electrons. The third-order valence-electron chi connectivity index (χ3n) is 3.91. The number of rotatable bonds is 0. The predicted octanol–water partition coefficient (Wildman–Crippen LogP) is 0.951. The normalized spacial score (nSPS) is 69.8. The largest absolute Gasteiger partial charge is 0.370 e. The Labute approximate surface area is 65.9 Å². The molecular weight excluding hydrogens is 140 g/mol. The van der Waals surface area contributed by atoms with Crippen LogP contribution in [0.2, 0.25) is 0 Å². The molecular formula is C9H12O2. The maximum absolute atomic E-state index is 5.53. The molecule has 6 atom stereocenters. The minimum absolute atomic E-state index is 0.638. The average molecular weight is 152 g/mol. The molecule has 4 fully saturated rings. The Bertz CT molecular complexity index is 216. The molecule has 4 aliphatic rings. The highest BCUT2D eigenvalue weighted by atomic mass is 16.6. The van der Waals surface area contributed by atoms with Crippen LogP contribution in [0.4, 0.5) is 0 Å². The Kier molecular flexibility index (Phi) is 0.758. The van der Waals surface area contributed by atoms with Crippen LogP contribution in [0.25, 0.3) is 0 Å². The van der Waals surface area contributed by atoms with Crippen LogP contribution in [0, 0.1) is 11.8 Å². The first-order valence-electron chi connectivity index (χ1n) is 4.73. The SMILES string of the molecule is C1[C@H]2C[C@H]3O[C@H]3C[C@H]2[C@H]2O[C@@H]12. The smallest absolute Gasteiger partial charge is 0.0873 e. The van der Waals surface area contributed by atoms with Crippen molar-refractivity contribution >= 4 is 0 Å². The molecule has 0 aromatic carbocycles. The summed E-state index contributed by atoms with van der Waals surface area (Å²) in [6.07, 6.45) is 6.60. The Morgan fingerprint density at radius 1 is 0.818 bits per heavy atom. The number of hydrogen-bond acceptors (Lipinski definition) is 2. The Morgan fingerprint density at radius 2 is 1.64 bits per heavy atom. The number of hydrogen-bond donors (Lipinski definition) is 0. The molecule has 0 amide bonds. The summed E-state index contributed by atoms with van der Waals surface area (Å²) in [5, 5.41) is 0. The van der Waals surface area contributed by atoms with Crippen LogP contribution < -0.4 is 0 Å². The Balaban J connectivity index is 1.65. The van der Waals surface area contributed by atoms with E-state index in [1.807, 2.05) is 0 Å². The van der Waals surface area contributed by atoms with E-state index in [0.29, 0.717) is 24.4 Å². The molecule has 2 heteroatoms. The van der Waals surface area contributed by atoms with Crippen molar-refractivity contribution in [2.45, 2.75) is 43.7 Å². The highest BCUT2D eigenvalue weighted by molar-refractivity contribution is 5.09. The lowest BCUT2D eigenvalue weighted by atomic mass is 9.81. The molecule has 4 rings (SSSR count). The molecule has 2 saturated carbocycles. The molecule has 2 nitrogen and oxygen atoms in total. The van der Waals surface area contributed by atoms with Crippen LogP contribution in [0.15, 0.2) is 0 Å². The van der Waals surface area contributed by atoms with Crippen LogP contribution in [-0.4, -0.2) is 24.4 Å². The topological polar surface area (TPSA) is 25.1 Å². The number of fused-ring (bicyclic) bond motifs is 4. The minimum Gasteiger partial charge on any atom is -0.370 e. The van der Waals surface area contributed by atoms with Crippen LogP contribution in [0.5, 0.6) is 0 Å². The van der Waals surface area contributed by atoms with Crippen molar-refractivity contribution in [1.82, 2.24) is 0 Å². The summed E-state index contributed by atoms with van der Waals surface area (Å²) >= 11 is 0. The van der Waals surface area contributed by atoms with Crippen LogP contribution in [-0.2, 0) is 9.47 Å². The van der Waals surface area contributed by atoms with Crippen molar-refractivity contribution in [3.05, 3.63) is 0 Å². The zero-order chi connectivity index (χ0) is 7.00. The first-order chi connectivity index (χ1) is 5.42. The average Bonchev–Trinajstić information content (AvgIpc) is 2.84. The van der Waals surface area contributed by atoms with E-state index in [0.717, 1.165) is 11.8 Å². The van der Waals surface area contributed by atoms with Crippen molar-refractivity contribution in [3.63, 3.8) is 0 Å². The molecule has 2 aliphatic carbocycles. The molecule has 0 aromatic heterocycles. The third kappa shape index (κ3) is 0.611. The van der Waals surface area contributed by atoms with Crippen molar-refractivity contribution < 1.29 is 9.47 Å². The molecule has 60 valence electrons. The lowest BCUT2D eigenvalue weighted by Gasteiger charge is -2.23. The third-order valence-corrected chi connectivity index (χ3v) is 3.91. The van der Waals surface area contributed by atoms with Gasteiger partial charge in [0.1, 0.15) is 0 Å². The number of epoxide rings is 2. The van der Waals surface area contributed by atoms with E-state index in [9.17, 15) is 0 Å². The van der Waals surface area contributed by atoms with E-state index < -0.39 is 0 Å². The lowest BCUT2D eigenvalue weighted by Crippen LogP contribution is -2.24. The molecule has 2 saturated heterocycles. The maximum Gasteiger partial charge on any atom is 0.0873 e. The van der Waals surface area contributed by atoms with E-state index in [1.165, 1.54) is 19.3 Å². The lowest BCUT2D eigenvalue weighted by molar-refractivity contribution is 0.171. The molecule has 11 heavy (non-hydrogen) atoms. The molecule has 0 aromatic rings. The Hall–Kier alpha value is -0.0800. The van der Waals surface area contributed by atoms with Crippen molar-refractivity contribution in [3.8, 4) is 0 Å². The fourth-order valence-electron chi connectivity index (χ4n) is 3.22. The van der Waals surface area contributed by atoms with Crippen molar-refractivity contribution in [1.29, 1.82) is 0 Å². The first kappa shape index (κ1) is 5.55. The summed E-state index contributed by atoms with van der Waals surface area (Å²) in [7, 11) is 0. The van der Waals surface area contributed by atoms with Gasteiger partial charge in [-0.3, -0.25) is 0 Å². The quantitative estimate of drug-likeness (QED) is 0.483. The van der Waals surface area contributed by atoms with Crippen LogP contribution in [0.3, 0.4) is 0 Å². The van der Waals surface area contributed by atoms with Gasteiger partial charge in [0, 0.05) is 0 Å². The van der Waals surface area contributed by atoms with Crippen LogP contribution >= 0.6 is 0 Å². The predicted molar refractivity (Wildman–Crippen MR) is 38.2 cm³/mol. The summed E-state index contributed by atoms with van der Waals surface area (Å²) in [6, 6.07) is 0. The summed E-state index contributed by atoms with van der Waals surface area (Å²) in [5.41, 5.74) is 0. The molecule has 0 unspecified atom stereocenters. The fraction of sp³-hybridized carbons (Fsp3) is 1.00. The maximum atomic E-state index is 5.53. The number of ether oxygens (including phenoxy) is 2. The zero-order valence-electron chi connectivity index (χ0n) is 6.40. The van der Waals surface area contributed by atoms with Gasteiger partial charge < -0.3 is 9.47 Å². The van der Waals surface area contributed by atoms with Gasteiger partial charge in [-0.05, 0) is 31.1 Å². The molecule has 0 bridgehead atoms. The van der Waals surface area contributed by atoms with E-state index in [2.05, 4.69) is 0 Å². The van der Waals surface area contributed by atoms with E-state index >= 15 is 0 Å². The minimum atomic E-state index is 0.638. The fourth-order valence-corrected chi connectivity index (χ4v) is 3.22. The molecule has 0 N–H and O–H groups in total. The van der Waals surface area contributed by atoms with E-state index in [-0.39, 0.29) is 0 Å². The van der Waals surface area contributed by atoms with Gasteiger partial charge >= 0.3 is 0 Å². The second-order valence-corrected chi connectivity index (χ2v) is 4.48. The van der Waals surface area contributed by atoms with Gasteiger partial charge in [-0.25, -0.2) is 0 Å². The molecule has 2 aliphatic heterocycles. The summed E-state index contributed by atoms with van der Waals surface area (Å²) in [6.45, 7) is 0. The highest BCUT2D eigenvalue weighted by Crippen LogP contribution is 2.56. The second kappa shape index (κ2) is 1.50. The van der Waals surface area contributed by atoms with Gasteiger partial charge in [-0.15, -0.1) is 0 Å². The molecule has 2 heterocycles. The van der Waals surface area contributed by atoms with Gasteiger partial charge in [0.15, 0.2) is 0 Å². The standard InChI is InChI=1S/C9H12O2/c1-4-2-8-9(11-8)5(4)3-7-6(1)10-7/h4-9H,1-3H2/t4-,5-,6-,7+,8+,9-/m1/s1. The van der Waals surface area contributed by atoms with Crippen molar-refractivity contribution in [2.75, 3.05) is 0 Å².